The van der Waals surface area contributed by atoms with E-state index < -0.39 is 0 Å². The summed E-state index contributed by atoms with van der Waals surface area (Å²) in [6.07, 6.45) is 4.20. The molecule has 0 N–H and O–H groups in total. The summed E-state index contributed by atoms with van der Waals surface area (Å²) in [5.74, 6) is 0.260. The summed E-state index contributed by atoms with van der Waals surface area (Å²) in [6.45, 7) is 10.5. The molecule has 0 aromatic rings. The van der Waals surface area contributed by atoms with Gasteiger partial charge in [0.1, 0.15) is 0 Å². The molecule has 19 heavy (non-hydrogen) atoms. The molecule has 1 rings (SSSR count). The van der Waals surface area contributed by atoms with Gasteiger partial charge in [0.2, 0.25) is 5.91 Å². The maximum Gasteiger partial charge on any atom is 0.222 e. The van der Waals surface area contributed by atoms with Gasteiger partial charge in [-0.3, -0.25) is 4.79 Å². The van der Waals surface area contributed by atoms with Crippen molar-refractivity contribution < 1.29 is 14.3 Å². The first kappa shape index (κ1) is 16.4. The highest BCUT2D eigenvalue weighted by atomic mass is 16.5. The van der Waals surface area contributed by atoms with Crippen molar-refractivity contribution in [2.75, 3.05) is 19.7 Å². The zero-order valence-corrected chi connectivity index (χ0v) is 12.9. The second-order valence-electron chi connectivity index (χ2n) is 5.79. The first-order valence-electron chi connectivity index (χ1n) is 7.54. The van der Waals surface area contributed by atoms with E-state index >= 15 is 0 Å². The first-order chi connectivity index (χ1) is 8.99. The Labute approximate surface area is 117 Å². The van der Waals surface area contributed by atoms with E-state index in [1.807, 2.05) is 18.7 Å². The number of ether oxygens (including phenoxy) is 2. The highest BCUT2D eigenvalue weighted by Crippen LogP contribution is 2.16. The van der Waals surface area contributed by atoms with Crippen LogP contribution in [0.2, 0.25) is 0 Å². The number of amides is 1. The molecular weight excluding hydrogens is 242 g/mol. The van der Waals surface area contributed by atoms with Crippen molar-refractivity contribution in [3.8, 4) is 0 Å². The second kappa shape index (κ2) is 8.54. The predicted molar refractivity (Wildman–Crippen MR) is 76.1 cm³/mol. The number of piperidine rings is 1. The molecule has 0 saturated carbocycles. The number of carbonyl (C=O) groups is 1. The highest BCUT2D eigenvalue weighted by molar-refractivity contribution is 5.76. The lowest BCUT2D eigenvalue weighted by molar-refractivity contribution is -0.134. The minimum Gasteiger partial charge on any atom is -0.379 e. The Bertz CT molecular complexity index is 258. The topological polar surface area (TPSA) is 38.8 Å². The summed E-state index contributed by atoms with van der Waals surface area (Å²) in [5.41, 5.74) is 0. The van der Waals surface area contributed by atoms with Crippen LogP contribution in [0.4, 0.5) is 0 Å². The van der Waals surface area contributed by atoms with Crippen LogP contribution in [-0.2, 0) is 14.3 Å². The molecule has 4 nitrogen and oxygen atoms in total. The lowest BCUT2D eigenvalue weighted by Crippen LogP contribution is -2.41. The van der Waals surface area contributed by atoms with Crippen LogP contribution in [0, 0.1) is 0 Å². The summed E-state index contributed by atoms with van der Waals surface area (Å²) in [5, 5.41) is 0. The maximum atomic E-state index is 12.0. The average Bonchev–Trinajstić information content (AvgIpc) is 2.34. The van der Waals surface area contributed by atoms with E-state index in [1.54, 1.807) is 0 Å². The monoisotopic (exact) mass is 271 g/mol. The van der Waals surface area contributed by atoms with E-state index in [9.17, 15) is 4.79 Å². The molecule has 1 heterocycles. The van der Waals surface area contributed by atoms with Crippen LogP contribution in [-0.4, -0.2) is 48.8 Å². The van der Waals surface area contributed by atoms with Crippen molar-refractivity contribution in [1.29, 1.82) is 0 Å². The van der Waals surface area contributed by atoms with Crippen molar-refractivity contribution >= 4 is 5.91 Å². The van der Waals surface area contributed by atoms with Gasteiger partial charge in [-0.1, -0.05) is 0 Å². The zero-order chi connectivity index (χ0) is 14.3. The number of rotatable bonds is 7. The van der Waals surface area contributed by atoms with E-state index in [0.29, 0.717) is 19.1 Å². The predicted octanol–water partition coefficient (Wildman–Crippen LogP) is 2.61. The molecule has 1 amide bonds. The van der Waals surface area contributed by atoms with E-state index in [-0.39, 0.29) is 18.1 Å². The van der Waals surface area contributed by atoms with Gasteiger partial charge >= 0.3 is 0 Å². The van der Waals surface area contributed by atoms with Crippen molar-refractivity contribution in [2.45, 2.75) is 71.7 Å². The average molecular weight is 271 g/mol. The Morgan fingerprint density at radius 3 is 2.32 bits per heavy atom. The molecule has 0 aromatic carbocycles. The third kappa shape index (κ3) is 6.92. The molecule has 0 bridgehead atoms. The Morgan fingerprint density at radius 1 is 1.16 bits per heavy atom. The van der Waals surface area contributed by atoms with Crippen LogP contribution in [0.3, 0.4) is 0 Å². The number of nitrogens with zero attached hydrogens (tertiary/aromatic N) is 1. The molecule has 0 radical (unpaired) electrons. The Morgan fingerprint density at radius 2 is 1.79 bits per heavy atom. The molecule has 112 valence electrons. The zero-order valence-electron chi connectivity index (χ0n) is 12.9. The highest BCUT2D eigenvalue weighted by Gasteiger charge is 2.23. The number of likely N-dealkylation sites (tertiary alicyclic amines) is 1. The third-order valence-corrected chi connectivity index (χ3v) is 3.25. The molecular formula is C15H29NO3. The minimum atomic E-state index is 0.249. The quantitative estimate of drug-likeness (QED) is 0.668. The molecule has 1 saturated heterocycles. The SMILES string of the molecule is CC(C)OCCCC(=O)N1CCC(OC(C)C)CC1. The van der Waals surface area contributed by atoms with Crippen LogP contribution in [0.25, 0.3) is 0 Å². The van der Waals surface area contributed by atoms with Gasteiger partial charge in [0.15, 0.2) is 0 Å². The van der Waals surface area contributed by atoms with Gasteiger partial charge in [-0.15, -0.1) is 0 Å². The number of hydrogen-bond donors (Lipinski definition) is 0. The Balaban J connectivity index is 2.14. The van der Waals surface area contributed by atoms with Crippen molar-refractivity contribution in [1.82, 2.24) is 4.90 Å². The van der Waals surface area contributed by atoms with Gasteiger partial charge in [0.05, 0.1) is 18.3 Å². The maximum absolute atomic E-state index is 12.0. The second-order valence-corrected chi connectivity index (χ2v) is 5.79. The minimum absolute atomic E-state index is 0.249. The molecule has 1 aliphatic heterocycles. The van der Waals surface area contributed by atoms with Crippen LogP contribution in [0.5, 0.6) is 0 Å². The molecule has 0 spiro atoms. The Hall–Kier alpha value is -0.610. The summed E-state index contributed by atoms with van der Waals surface area (Å²) in [4.78, 5) is 14.0. The van der Waals surface area contributed by atoms with Crippen LogP contribution in [0.15, 0.2) is 0 Å². The van der Waals surface area contributed by atoms with Crippen LogP contribution in [0.1, 0.15) is 53.4 Å². The van der Waals surface area contributed by atoms with Gasteiger partial charge in [0.25, 0.3) is 0 Å². The summed E-state index contributed by atoms with van der Waals surface area (Å²) in [6, 6.07) is 0. The molecule has 0 unspecified atom stereocenters. The summed E-state index contributed by atoms with van der Waals surface area (Å²) < 4.78 is 11.2. The van der Waals surface area contributed by atoms with Gasteiger partial charge in [-0.25, -0.2) is 0 Å². The fourth-order valence-corrected chi connectivity index (χ4v) is 2.33. The Kier molecular flexibility index (Phi) is 7.39. The molecule has 0 aliphatic carbocycles. The van der Waals surface area contributed by atoms with Crippen molar-refractivity contribution in [3.05, 3.63) is 0 Å². The van der Waals surface area contributed by atoms with Crippen LogP contribution >= 0.6 is 0 Å². The van der Waals surface area contributed by atoms with Gasteiger partial charge < -0.3 is 14.4 Å². The molecule has 1 aliphatic rings. The van der Waals surface area contributed by atoms with Crippen molar-refractivity contribution in [2.24, 2.45) is 0 Å². The van der Waals surface area contributed by atoms with Crippen LogP contribution < -0.4 is 0 Å². The van der Waals surface area contributed by atoms with Gasteiger partial charge in [0, 0.05) is 26.1 Å². The van der Waals surface area contributed by atoms with E-state index in [1.165, 1.54) is 0 Å². The van der Waals surface area contributed by atoms with Crippen molar-refractivity contribution in [3.63, 3.8) is 0 Å². The fourth-order valence-electron chi connectivity index (χ4n) is 2.33. The number of hydrogen-bond acceptors (Lipinski definition) is 3. The van der Waals surface area contributed by atoms with E-state index in [4.69, 9.17) is 9.47 Å². The normalized spacial score (nSPS) is 17.5. The molecule has 0 atom stereocenters. The standard InChI is InChI=1S/C15H29NO3/c1-12(2)18-11-5-6-15(17)16-9-7-14(8-10-16)19-13(3)4/h12-14H,5-11H2,1-4H3. The smallest absolute Gasteiger partial charge is 0.222 e. The molecule has 0 aromatic heterocycles. The number of carbonyl (C=O) groups excluding carboxylic acids is 1. The fraction of sp³-hybridized carbons (Fsp3) is 0.933. The summed E-state index contributed by atoms with van der Waals surface area (Å²) >= 11 is 0. The van der Waals surface area contributed by atoms with E-state index in [0.717, 1.165) is 32.4 Å². The van der Waals surface area contributed by atoms with Gasteiger partial charge in [-0.05, 0) is 47.0 Å². The van der Waals surface area contributed by atoms with E-state index in [2.05, 4.69) is 13.8 Å². The molecule has 1 fully saturated rings. The largest absolute Gasteiger partial charge is 0.379 e. The molecule has 4 heteroatoms. The third-order valence-electron chi connectivity index (χ3n) is 3.25. The van der Waals surface area contributed by atoms with Gasteiger partial charge in [-0.2, -0.15) is 0 Å². The first-order valence-corrected chi connectivity index (χ1v) is 7.54. The summed E-state index contributed by atoms with van der Waals surface area (Å²) in [7, 11) is 0. The lowest BCUT2D eigenvalue weighted by Gasteiger charge is -2.33. The lowest BCUT2D eigenvalue weighted by atomic mass is 10.1.